The Morgan fingerprint density at radius 2 is 1.85 bits per heavy atom. The number of hydrogen-bond donors (Lipinski definition) is 2. The van der Waals surface area contributed by atoms with E-state index >= 15 is 0 Å². The van der Waals surface area contributed by atoms with Crippen LogP contribution in [-0.4, -0.2) is 16.8 Å². The summed E-state index contributed by atoms with van der Waals surface area (Å²) in [5.41, 5.74) is 0.269. The van der Waals surface area contributed by atoms with Gasteiger partial charge in [0.1, 0.15) is 11.6 Å². The molecule has 3 rings (SSSR count). The Hall–Kier alpha value is -2.65. The molecule has 2 heterocycles. The van der Waals surface area contributed by atoms with Gasteiger partial charge >= 0.3 is 0 Å². The molecule has 0 spiro atoms. The van der Waals surface area contributed by atoms with E-state index in [4.69, 9.17) is 0 Å². The Balaban J connectivity index is 1.54. The van der Waals surface area contributed by atoms with Crippen LogP contribution in [0.15, 0.2) is 41.1 Å². The average molecular weight is 393 g/mol. The van der Waals surface area contributed by atoms with E-state index in [0.29, 0.717) is 15.7 Å². The van der Waals surface area contributed by atoms with E-state index in [2.05, 4.69) is 15.6 Å². The molecule has 134 valence electrons. The summed E-state index contributed by atoms with van der Waals surface area (Å²) in [4.78, 5) is 28.6. The van der Waals surface area contributed by atoms with E-state index < -0.39 is 17.5 Å². The van der Waals surface area contributed by atoms with Gasteiger partial charge in [0.15, 0.2) is 5.13 Å². The number of nitrogens with one attached hydrogen (secondary N) is 2. The standard InChI is InChI=1S/C17H13F2N3O2S2/c18-12-3-1-4-13(19)11(12)8-20-15(23)7-10-9-26-17(21-10)22-16(24)14-5-2-6-25-14/h1-6,9H,7-8H2,(H,20,23)(H,21,22,24). The van der Waals surface area contributed by atoms with Gasteiger partial charge in [0.25, 0.3) is 5.91 Å². The number of rotatable bonds is 6. The van der Waals surface area contributed by atoms with Gasteiger partial charge in [-0.25, -0.2) is 13.8 Å². The summed E-state index contributed by atoms with van der Waals surface area (Å²) in [6, 6.07) is 7.00. The van der Waals surface area contributed by atoms with Crippen LogP contribution in [0.25, 0.3) is 0 Å². The van der Waals surface area contributed by atoms with E-state index in [-0.39, 0.29) is 24.4 Å². The van der Waals surface area contributed by atoms with Gasteiger partial charge in [-0.2, -0.15) is 0 Å². The van der Waals surface area contributed by atoms with E-state index in [0.717, 1.165) is 12.1 Å². The lowest BCUT2D eigenvalue weighted by Crippen LogP contribution is -2.25. The lowest BCUT2D eigenvalue weighted by atomic mass is 10.2. The van der Waals surface area contributed by atoms with Crippen LogP contribution in [0.3, 0.4) is 0 Å². The van der Waals surface area contributed by atoms with Crippen LogP contribution < -0.4 is 10.6 Å². The van der Waals surface area contributed by atoms with Crippen molar-refractivity contribution in [2.75, 3.05) is 5.32 Å². The smallest absolute Gasteiger partial charge is 0.267 e. The second-order valence-electron chi connectivity index (χ2n) is 5.23. The third-order valence-corrected chi connectivity index (χ3v) is 5.06. The molecule has 0 aliphatic carbocycles. The molecule has 2 amide bonds. The number of anilines is 1. The minimum absolute atomic E-state index is 0.0541. The Kier molecular flexibility index (Phi) is 5.69. The number of thiazole rings is 1. The quantitative estimate of drug-likeness (QED) is 0.672. The van der Waals surface area contributed by atoms with Crippen molar-refractivity contribution in [2.45, 2.75) is 13.0 Å². The predicted octanol–water partition coefficient (Wildman–Crippen LogP) is 3.59. The van der Waals surface area contributed by atoms with Crippen LogP contribution in [0, 0.1) is 11.6 Å². The van der Waals surface area contributed by atoms with E-state index in [1.165, 1.54) is 28.7 Å². The van der Waals surface area contributed by atoms with Crippen LogP contribution in [0.1, 0.15) is 20.9 Å². The molecule has 2 aromatic heterocycles. The highest BCUT2D eigenvalue weighted by Crippen LogP contribution is 2.18. The summed E-state index contributed by atoms with van der Waals surface area (Å²) < 4.78 is 27.1. The molecule has 0 atom stereocenters. The molecule has 0 aliphatic rings. The van der Waals surface area contributed by atoms with Crippen molar-refractivity contribution in [3.05, 3.63) is 68.9 Å². The van der Waals surface area contributed by atoms with Gasteiger partial charge in [-0.05, 0) is 23.6 Å². The molecule has 3 aromatic rings. The summed E-state index contributed by atoms with van der Waals surface area (Å²) in [5, 5.41) is 8.94. The third-order valence-electron chi connectivity index (χ3n) is 3.38. The van der Waals surface area contributed by atoms with Crippen molar-refractivity contribution in [3.63, 3.8) is 0 Å². The monoisotopic (exact) mass is 393 g/mol. The highest BCUT2D eigenvalue weighted by molar-refractivity contribution is 7.14. The molecule has 0 bridgehead atoms. The number of aromatic nitrogens is 1. The first kappa shape index (κ1) is 18.2. The van der Waals surface area contributed by atoms with Crippen LogP contribution >= 0.6 is 22.7 Å². The molecule has 0 saturated heterocycles. The molecule has 2 N–H and O–H groups in total. The molecule has 0 unspecified atom stereocenters. The van der Waals surface area contributed by atoms with Gasteiger partial charge in [-0.3, -0.25) is 14.9 Å². The van der Waals surface area contributed by atoms with Crippen molar-refractivity contribution in [1.29, 1.82) is 0 Å². The van der Waals surface area contributed by atoms with E-state index in [1.807, 2.05) is 0 Å². The fraction of sp³-hybridized carbons (Fsp3) is 0.118. The van der Waals surface area contributed by atoms with Crippen molar-refractivity contribution in [2.24, 2.45) is 0 Å². The first-order valence-corrected chi connectivity index (χ1v) is 9.27. The number of halogens is 2. The summed E-state index contributed by atoms with van der Waals surface area (Å²) in [6.45, 7) is -0.247. The van der Waals surface area contributed by atoms with Gasteiger partial charge in [-0.15, -0.1) is 22.7 Å². The molecule has 5 nitrogen and oxygen atoms in total. The molecule has 26 heavy (non-hydrogen) atoms. The van der Waals surface area contributed by atoms with Gasteiger partial charge < -0.3 is 5.32 Å². The zero-order valence-electron chi connectivity index (χ0n) is 13.3. The largest absolute Gasteiger partial charge is 0.351 e. The molecule has 0 saturated carbocycles. The van der Waals surface area contributed by atoms with E-state index in [1.54, 1.807) is 22.9 Å². The molecular formula is C17H13F2N3O2S2. The maximum atomic E-state index is 13.5. The first-order chi connectivity index (χ1) is 12.5. The van der Waals surface area contributed by atoms with Gasteiger partial charge in [-0.1, -0.05) is 12.1 Å². The summed E-state index contributed by atoms with van der Waals surface area (Å²) in [7, 11) is 0. The number of carbonyl (C=O) groups is 2. The van der Waals surface area contributed by atoms with E-state index in [9.17, 15) is 18.4 Å². The van der Waals surface area contributed by atoms with Gasteiger partial charge in [0.2, 0.25) is 5.91 Å². The fourth-order valence-electron chi connectivity index (χ4n) is 2.13. The molecule has 0 fully saturated rings. The van der Waals surface area contributed by atoms with Crippen molar-refractivity contribution >= 4 is 39.6 Å². The van der Waals surface area contributed by atoms with Crippen LogP contribution in [0.2, 0.25) is 0 Å². The maximum absolute atomic E-state index is 13.5. The molecule has 0 aliphatic heterocycles. The molecular weight excluding hydrogens is 380 g/mol. The highest BCUT2D eigenvalue weighted by atomic mass is 32.1. The summed E-state index contributed by atoms with van der Waals surface area (Å²) in [6.07, 6.45) is -0.0541. The number of carbonyl (C=O) groups excluding carboxylic acids is 2. The van der Waals surface area contributed by atoms with Crippen molar-refractivity contribution in [3.8, 4) is 0 Å². The number of hydrogen-bond acceptors (Lipinski definition) is 5. The Morgan fingerprint density at radius 1 is 1.08 bits per heavy atom. The topological polar surface area (TPSA) is 71.1 Å². The lowest BCUT2D eigenvalue weighted by molar-refractivity contribution is -0.120. The zero-order chi connectivity index (χ0) is 18.5. The normalized spacial score (nSPS) is 10.5. The number of thiophene rings is 1. The SMILES string of the molecule is O=C(Cc1csc(NC(=O)c2cccs2)n1)NCc1c(F)cccc1F. The second kappa shape index (κ2) is 8.15. The third kappa shape index (κ3) is 4.50. The summed E-state index contributed by atoms with van der Waals surface area (Å²) in [5.74, 6) is -2.11. The van der Waals surface area contributed by atoms with Crippen LogP contribution in [-0.2, 0) is 17.8 Å². The van der Waals surface area contributed by atoms with Gasteiger partial charge in [0, 0.05) is 17.5 Å². The predicted molar refractivity (Wildman–Crippen MR) is 96.3 cm³/mol. The fourth-order valence-corrected chi connectivity index (χ4v) is 3.45. The second-order valence-corrected chi connectivity index (χ2v) is 7.03. The molecule has 9 heteroatoms. The lowest BCUT2D eigenvalue weighted by Gasteiger charge is -2.06. The zero-order valence-corrected chi connectivity index (χ0v) is 14.9. The minimum atomic E-state index is -0.711. The van der Waals surface area contributed by atoms with Crippen LogP contribution in [0.4, 0.5) is 13.9 Å². The Morgan fingerprint density at radius 3 is 2.54 bits per heavy atom. The molecule has 1 aromatic carbocycles. The average Bonchev–Trinajstić information content (AvgIpc) is 3.26. The van der Waals surface area contributed by atoms with Crippen molar-refractivity contribution in [1.82, 2.24) is 10.3 Å². The number of benzene rings is 1. The van der Waals surface area contributed by atoms with Crippen molar-refractivity contribution < 1.29 is 18.4 Å². The Labute approximate surface area is 155 Å². The number of amides is 2. The van der Waals surface area contributed by atoms with Crippen LogP contribution in [0.5, 0.6) is 0 Å². The number of nitrogens with zero attached hydrogens (tertiary/aromatic N) is 1. The minimum Gasteiger partial charge on any atom is -0.351 e. The Bertz CT molecular complexity index is 906. The van der Waals surface area contributed by atoms with Gasteiger partial charge in [0.05, 0.1) is 17.0 Å². The highest BCUT2D eigenvalue weighted by Gasteiger charge is 2.13. The maximum Gasteiger partial charge on any atom is 0.267 e. The summed E-state index contributed by atoms with van der Waals surface area (Å²) >= 11 is 2.51. The first-order valence-electron chi connectivity index (χ1n) is 7.52. The molecule has 0 radical (unpaired) electrons.